The van der Waals surface area contributed by atoms with E-state index in [1.54, 1.807) is 28.0 Å². The summed E-state index contributed by atoms with van der Waals surface area (Å²) in [6, 6.07) is 3.92. The molecule has 4 aromatic heterocycles. The van der Waals surface area contributed by atoms with Crippen LogP contribution in [0.3, 0.4) is 0 Å². The Morgan fingerprint density at radius 2 is 2.09 bits per heavy atom. The van der Waals surface area contributed by atoms with Crippen LogP contribution in [0.25, 0.3) is 21.5 Å². The van der Waals surface area contributed by atoms with E-state index in [1.807, 2.05) is 24.6 Å². The Morgan fingerprint density at radius 1 is 1.29 bits per heavy atom. The van der Waals surface area contributed by atoms with E-state index in [0.717, 1.165) is 22.0 Å². The minimum Gasteiger partial charge on any atom is -0.394 e. The second-order valence-electron chi connectivity index (χ2n) is 8.66. The van der Waals surface area contributed by atoms with Crippen molar-refractivity contribution in [2.24, 2.45) is 0 Å². The van der Waals surface area contributed by atoms with Crippen molar-refractivity contribution < 1.29 is 13.5 Å². The minimum atomic E-state index is -3.34. The van der Waals surface area contributed by atoms with Crippen molar-refractivity contribution in [2.75, 3.05) is 31.3 Å². The van der Waals surface area contributed by atoms with E-state index < -0.39 is 15.6 Å². The predicted molar refractivity (Wildman–Crippen MR) is 131 cm³/mol. The van der Waals surface area contributed by atoms with Crippen molar-refractivity contribution in [1.82, 2.24) is 33.8 Å². The van der Waals surface area contributed by atoms with E-state index in [4.69, 9.17) is 4.98 Å². The Hall–Kier alpha value is -3.38. The van der Waals surface area contributed by atoms with Gasteiger partial charge in [-0.2, -0.15) is 19.8 Å². The highest BCUT2D eigenvalue weighted by molar-refractivity contribution is 7.88. The molecule has 1 aliphatic heterocycles. The number of nitriles is 1. The maximum atomic E-state index is 11.9. The monoisotopic (exact) mass is 513 g/mol. The lowest BCUT2D eigenvalue weighted by molar-refractivity contribution is 0.0724. The molecule has 0 saturated carbocycles. The molecule has 12 nitrogen and oxygen atoms in total. The second kappa shape index (κ2) is 8.68. The van der Waals surface area contributed by atoms with Gasteiger partial charge in [0, 0.05) is 31.0 Å². The van der Waals surface area contributed by atoms with Crippen molar-refractivity contribution in [3.05, 3.63) is 36.2 Å². The summed E-state index contributed by atoms with van der Waals surface area (Å²) in [4.78, 5) is 9.33. The van der Waals surface area contributed by atoms with Gasteiger partial charge in [-0.1, -0.05) is 0 Å². The highest BCUT2D eigenvalue weighted by Crippen LogP contribution is 2.37. The molecule has 0 amide bonds. The maximum absolute atomic E-state index is 11.9. The van der Waals surface area contributed by atoms with Gasteiger partial charge in [0.2, 0.25) is 16.0 Å². The number of aliphatic hydroxyl groups is 1. The van der Waals surface area contributed by atoms with E-state index in [2.05, 4.69) is 26.6 Å². The van der Waals surface area contributed by atoms with Gasteiger partial charge in [0.25, 0.3) is 0 Å². The molecular weight excluding hydrogens is 490 g/mol. The normalized spacial score (nSPS) is 16.6. The fourth-order valence-electron chi connectivity index (χ4n) is 4.01. The van der Waals surface area contributed by atoms with Crippen LogP contribution in [0.5, 0.6) is 0 Å². The van der Waals surface area contributed by atoms with Gasteiger partial charge in [0.1, 0.15) is 5.54 Å². The predicted octanol–water partition coefficient (Wildman–Crippen LogP) is 1.93. The third kappa shape index (κ3) is 4.27. The summed E-state index contributed by atoms with van der Waals surface area (Å²) in [5, 5.41) is 32.6. The van der Waals surface area contributed by atoms with Crippen molar-refractivity contribution in [3.8, 4) is 17.3 Å². The maximum Gasteiger partial charge on any atom is 0.228 e. The van der Waals surface area contributed by atoms with E-state index >= 15 is 0 Å². The Labute approximate surface area is 205 Å². The molecule has 14 heteroatoms. The van der Waals surface area contributed by atoms with Crippen LogP contribution >= 0.6 is 11.3 Å². The lowest BCUT2D eigenvalue weighted by Crippen LogP contribution is -2.63. The number of nitrogens with one attached hydrogen (secondary N) is 1. The summed E-state index contributed by atoms with van der Waals surface area (Å²) in [6.45, 7) is 2.22. The molecule has 0 aliphatic carbocycles. The van der Waals surface area contributed by atoms with Gasteiger partial charge in [0.05, 0.1) is 65.4 Å². The van der Waals surface area contributed by atoms with Crippen LogP contribution in [-0.4, -0.2) is 73.3 Å². The molecule has 0 bridgehead atoms. The largest absolute Gasteiger partial charge is 0.394 e. The van der Waals surface area contributed by atoms with Crippen LogP contribution < -0.4 is 5.32 Å². The number of aromatic nitrogens is 6. The smallest absolute Gasteiger partial charge is 0.228 e. The number of hydrogen-bond acceptors (Lipinski definition) is 10. The summed E-state index contributed by atoms with van der Waals surface area (Å²) in [7, 11) is -3.34. The summed E-state index contributed by atoms with van der Waals surface area (Å²) < 4.78 is 29.4. The van der Waals surface area contributed by atoms with Crippen LogP contribution in [0, 0.1) is 11.3 Å². The molecule has 1 atom stereocenters. The number of hydrogen-bond donors (Lipinski definition) is 2. The van der Waals surface area contributed by atoms with Gasteiger partial charge in [-0.25, -0.2) is 18.4 Å². The van der Waals surface area contributed by atoms with E-state index in [-0.39, 0.29) is 32.2 Å². The fraction of sp³-hybridized carbons (Fsp3) is 0.381. The van der Waals surface area contributed by atoms with Crippen molar-refractivity contribution in [1.29, 1.82) is 5.26 Å². The van der Waals surface area contributed by atoms with Crippen LogP contribution in [0.15, 0.2) is 36.2 Å². The molecule has 35 heavy (non-hydrogen) atoms. The first-order valence-electron chi connectivity index (χ1n) is 10.8. The summed E-state index contributed by atoms with van der Waals surface area (Å²) in [5.74, 6) is 0.383. The highest BCUT2D eigenvalue weighted by Gasteiger charge is 2.49. The number of sulfonamides is 1. The van der Waals surface area contributed by atoms with Gasteiger partial charge in [-0.3, -0.25) is 9.36 Å². The van der Waals surface area contributed by atoms with E-state index in [1.165, 1.54) is 15.6 Å². The third-order valence-electron chi connectivity index (χ3n) is 6.04. The molecule has 5 rings (SSSR count). The topological polar surface area (TPSA) is 155 Å². The molecule has 1 fully saturated rings. The molecule has 5 heterocycles. The number of nitrogens with zero attached hydrogens (tertiary/aromatic N) is 8. The fourth-order valence-corrected chi connectivity index (χ4v) is 5.80. The zero-order chi connectivity index (χ0) is 24.8. The summed E-state index contributed by atoms with van der Waals surface area (Å²) in [6.07, 6.45) is 8.20. The molecule has 4 aromatic rings. The average molecular weight is 514 g/mol. The van der Waals surface area contributed by atoms with E-state index in [9.17, 15) is 18.8 Å². The minimum absolute atomic E-state index is 0.0259. The van der Waals surface area contributed by atoms with Crippen molar-refractivity contribution >= 4 is 43.2 Å². The van der Waals surface area contributed by atoms with Gasteiger partial charge < -0.3 is 10.4 Å². The third-order valence-corrected chi connectivity index (χ3v) is 8.14. The zero-order valence-electron chi connectivity index (χ0n) is 19.0. The SMILES string of the molecule is C[C@H](CO)n1cc(Nc2nc(-c3cnn(C4(CC#N)CN(S(C)(=O)=O)C4)c3)c3sccc3n2)cn1. The highest BCUT2D eigenvalue weighted by atomic mass is 32.2. The van der Waals surface area contributed by atoms with Crippen LogP contribution in [0.2, 0.25) is 0 Å². The molecule has 1 aliphatic rings. The Morgan fingerprint density at radius 3 is 2.80 bits per heavy atom. The number of aliphatic hydroxyl groups excluding tert-OH is 1. The average Bonchev–Trinajstić information content (AvgIpc) is 3.54. The lowest BCUT2D eigenvalue weighted by atomic mass is 9.89. The number of fused-ring (bicyclic) bond motifs is 1. The Balaban J connectivity index is 1.47. The zero-order valence-corrected chi connectivity index (χ0v) is 20.7. The van der Waals surface area contributed by atoms with Gasteiger partial charge >= 0.3 is 0 Å². The molecule has 2 N–H and O–H groups in total. The first-order valence-corrected chi connectivity index (χ1v) is 13.5. The van der Waals surface area contributed by atoms with Crippen LogP contribution in [-0.2, 0) is 15.6 Å². The second-order valence-corrected chi connectivity index (χ2v) is 11.6. The molecule has 1 saturated heterocycles. The first-order chi connectivity index (χ1) is 16.7. The quantitative estimate of drug-likeness (QED) is 0.359. The summed E-state index contributed by atoms with van der Waals surface area (Å²) >= 11 is 1.51. The standard InChI is InChI=1S/C21H23N9O3S2/c1-14(11-31)29-10-16(8-23-29)25-20-26-17-3-6-34-19(17)18(27-20)15-7-24-30(9-15)21(4-5-22)12-28(13-21)35(2,32)33/h3,6-10,14,31H,4,11-13H2,1-2H3,(H,25,26,27)/t14-/m1/s1. The number of thiophene rings is 1. The molecule has 0 radical (unpaired) electrons. The number of rotatable bonds is 8. The molecular formula is C21H23N9O3S2. The van der Waals surface area contributed by atoms with Gasteiger partial charge in [0.15, 0.2) is 0 Å². The van der Waals surface area contributed by atoms with Crippen LogP contribution in [0.4, 0.5) is 11.6 Å². The van der Waals surface area contributed by atoms with Crippen molar-refractivity contribution in [3.63, 3.8) is 0 Å². The first kappa shape index (κ1) is 23.4. The number of anilines is 2. The Bertz CT molecular complexity index is 1530. The molecule has 0 unspecified atom stereocenters. The van der Waals surface area contributed by atoms with E-state index in [0.29, 0.717) is 17.3 Å². The Kier molecular flexibility index (Phi) is 5.80. The van der Waals surface area contributed by atoms with Gasteiger partial charge in [-0.05, 0) is 18.4 Å². The summed E-state index contributed by atoms with van der Waals surface area (Å²) in [5.41, 5.74) is 2.16. The van der Waals surface area contributed by atoms with Crippen molar-refractivity contribution in [2.45, 2.75) is 24.9 Å². The lowest BCUT2D eigenvalue weighted by Gasteiger charge is -2.47. The van der Waals surface area contributed by atoms with Gasteiger partial charge in [-0.15, -0.1) is 11.3 Å². The molecule has 0 spiro atoms. The molecule has 182 valence electrons. The molecule has 0 aromatic carbocycles. The van der Waals surface area contributed by atoms with Crippen LogP contribution in [0.1, 0.15) is 19.4 Å².